The SMILES string of the molecule is CC(C)=NN.CN. The Bertz CT molecular complexity index is 44.9. The maximum atomic E-state index is 4.76. The van der Waals surface area contributed by atoms with E-state index in [2.05, 4.69) is 10.8 Å². The van der Waals surface area contributed by atoms with Gasteiger partial charge in [0.15, 0.2) is 0 Å². The Morgan fingerprint density at radius 2 is 1.43 bits per heavy atom. The first-order valence-corrected chi connectivity index (χ1v) is 2.06. The molecule has 0 heterocycles. The van der Waals surface area contributed by atoms with Crippen LogP contribution in [0.3, 0.4) is 0 Å². The normalized spacial score (nSPS) is 5.71. The van der Waals surface area contributed by atoms with E-state index in [1.165, 1.54) is 7.05 Å². The van der Waals surface area contributed by atoms with Gasteiger partial charge < -0.3 is 11.6 Å². The van der Waals surface area contributed by atoms with Crippen molar-refractivity contribution in [2.24, 2.45) is 16.7 Å². The first-order chi connectivity index (χ1) is 3.27. The van der Waals surface area contributed by atoms with Gasteiger partial charge in [0.1, 0.15) is 0 Å². The lowest BCUT2D eigenvalue weighted by atomic mass is 10.5. The minimum Gasteiger partial charge on any atom is -0.333 e. The molecule has 0 saturated carbocycles. The van der Waals surface area contributed by atoms with Crippen LogP contribution in [0.5, 0.6) is 0 Å². The van der Waals surface area contributed by atoms with Crippen molar-refractivity contribution in [2.75, 3.05) is 7.05 Å². The van der Waals surface area contributed by atoms with Crippen molar-refractivity contribution in [3.8, 4) is 0 Å². The highest BCUT2D eigenvalue weighted by Gasteiger charge is 1.63. The Labute approximate surface area is 44.4 Å². The molecule has 0 atom stereocenters. The predicted octanol–water partition coefficient (Wildman–Crippen LogP) is -0.0842. The molecule has 0 unspecified atom stereocenters. The summed E-state index contributed by atoms with van der Waals surface area (Å²) in [6.07, 6.45) is 0. The van der Waals surface area contributed by atoms with Gasteiger partial charge >= 0.3 is 0 Å². The minimum absolute atomic E-state index is 0.907. The van der Waals surface area contributed by atoms with Crippen LogP contribution >= 0.6 is 0 Å². The third-order valence-corrected chi connectivity index (χ3v) is 0.258. The van der Waals surface area contributed by atoms with E-state index in [1.54, 1.807) is 0 Å². The number of nitrogens with zero attached hydrogens (tertiary/aromatic N) is 1. The number of hydrazone groups is 1. The molecule has 3 heteroatoms. The van der Waals surface area contributed by atoms with Crippen molar-refractivity contribution in [2.45, 2.75) is 13.8 Å². The molecule has 0 fully saturated rings. The molecule has 0 spiro atoms. The van der Waals surface area contributed by atoms with Gasteiger partial charge in [-0.05, 0) is 20.9 Å². The van der Waals surface area contributed by atoms with Gasteiger partial charge in [0.25, 0.3) is 0 Å². The monoisotopic (exact) mass is 103 g/mol. The molecule has 3 nitrogen and oxygen atoms in total. The summed E-state index contributed by atoms with van der Waals surface area (Å²) in [7, 11) is 1.50. The molecule has 0 bridgehead atoms. The van der Waals surface area contributed by atoms with Gasteiger partial charge in [-0.1, -0.05) is 0 Å². The van der Waals surface area contributed by atoms with Crippen LogP contribution in [0.1, 0.15) is 13.8 Å². The van der Waals surface area contributed by atoms with Gasteiger partial charge in [0, 0.05) is 5.71 Å². The van der Waals surface area contributed by atoms with Gasteiger partial charge in [0.05, 0.1) is 0 Å². The fourth-order valence-corrected chi connectivity index (χ4v) is 0. The van der Waals surface area contributed by atoms with E-state index in [1.807, 2.05) is 13.8 Å². The Kier molecular flexibility index (Phi) is 12.5. The molecule has 0 aliphatic heterocycles. The molecule has 0 rings (SSSR count). The molecule has 4 N–H and O–H groups in total. The average molecular weight is 103 g/mol. The van der Waals surface area contributed by atoms with Crippen molar-refractivity contribution in [1.29, 1.82) is 0 Å². The fourth-order valence-electron chi connectivity index (χ4n) is 0. The standard InChI is InChI=1S/C3H8N2.CH5N/c1-3(2)5-4;1-2/h4H2,1-2H3;2H2,1H3. The zero-order valence-corrected chi connectivity index (χ0v) is 5.10. The molecule has 0 saturated heterocycles. The lowest BCUT2D eigenvalue weighted by Gasteiger charge is -1.74. The average Bonchev–Trinajstić information content (AvgIpc) is 1.73. The van der Waals surface area contributed by atoms with Crippen LogP contribution in [0, 0.1) is 0 Å². The minimum atomic E-state index is 0.907. The van der Waals surface area contributed by atoms with Gasteiger partial charge in [-0.3, -0.25) is 0 Å². The number of rotatable bonds is 0. The van der Waals surface area contributed by atoms with Crippen molar-refractivity contribution in [3.63, 3.8) is 0 Å². The summed E-state index contributed by atoms with van der Waals surface area (Å²) in [6, 6.07) is 0. The van der Waals surface area contributed by atoms with E-state index in [-0.39, 0.29) is 0 Å². The Hall–Kier alpha value is -0.570. The van der Waals surface area contributed by atoms with E-state index in [9.17, 15) is 0 Å². The molecule has 0 radical (unpaired) electrons. The van der Waals surface area contributed by atoms with Crippen molar-refractivity contribution in [1.82, 2.24) is 0 Å². The molecule has 0 aliphatic rings. The third-order valence-electron chi connectivity index (χ3n) is 0.258. The summed E-state index contributed by atoms with van der Waals surface area (Å²) in [5, 5.41) is 3.31. The lowest BCUT2D eigenvalue weighted by molar-refractivity contribution is 1.23. The molecule has 0 aromatic rings. The topological polar surface area (TPSA) is 64.4 Å². The van der Waals surface area contributed by atoms with Gasteiger partial charge in [-0.2, -0.15) is 5.10 Å². The Balaban J connectivity index is 0. The summed E-state index contributed by atoms with van der Waals surface area (Å²) in [5.41, 5.74) is 5.41. The van der Waals surface area contributed by atoms with E-state index in [4.69, 9.17) is 5.84 Å². The summed E-state index contributed by atoms with van der Waals surface area (Å²) >= 11 is 0. The maximum absolute atomic E-state index is 4.76. The summed E-state index contributed by atoms with van der Waals surface area (Å²) in [6.45, 7) is 3.69. The molecule has 0 aliphatic carbocycles. The van der Waals surface area contributed by atoms with Crippen LogP contribution < -0.4 is 11.6 Å². The molecule has 0 aromatic carbocycles. The van der Waals surface area contributed by atoms with Crippen molar-refractivity contribution >= 4 is 5.71 Å². The van der Waals surface area contributed by atoms with Crippen LogP contribution in [0.25, 0.3) is 0 Å². The van der Waals surface area contributed by atoms with Crippen molar-refractivity contribution < 1.29 is 0 Å². The van der Waals surface area contributed by atoms with Crippen molar-refractivity contribution in [3.05, 3.63) is 0 Å². The van der Waals surface area contributed by atoms with Gasteiger partial charge in [-0.15, -0.1) is 0 Å². The summed E-state index contributed by atoms with van der Waals surface area (Å²) in [5.74, 6) is 4.76. The predicted molar refractivity (Wildman–Crippen MR) is 33.1 cm³/mol. The van der Waals surface area contributed by atoms with E-state index in [0.29, 0.717) is 0 Å². The summed E-state index contributed by atoms with van der Waals surface area (Å²) in [4.78, 5) is 0. The molecule has 7 heavy (non-hydrogen) atoms. The number of hydrogen-bond acceptors (Lipinski definition) is 3. The van der Waals surface area contributed by atoms with Crippen LogP contribution in [0.15, 0.2) is 5.10 Å². The van der Waals surface area contributed by atoms with E-state index >= 15 is 0 Å². The molecule has 0 amide bonds. The Morgan fingerprint density at radius 1 is 1.29 bits per heavy atom. The van der Waals surface area contributed by atoms with Crippen LogP contribution in [-0.4, -0.2) is 12.8 Å². The van der Waals surface area contributed by atoms with E-state index < -0.39 is 0 Å². The third kappa shape index (κ3) is 31.2. The van der Waals surface area contributed by atoms with Gasteiger partial charge in [0.2, 0.25) is 0 Å². The molecule has 0 aromatic heterocycles. The first-order valence-electron chi connectivity index (χ1n) is 2.06. The smallest absolute Gasteiger partial charge is 0.0314 e. The quantitative estimate of drug-likeness (QED) is 0.256. The largest absolute Gasteiger partial charge is 0.333 e. The molecule has 44 valence electrons. The van der Waals surface area contributed by atoms with E-state index in [0.717, 1.165) is 5.71 Å². The lowest BCUT2D eigenvalue weighted by Crippen LogP contribution is -1.86. The number of hydrogen-bond donors (Lipinski definition) is 2. The highest BCUT2D eigenvalue weighted by molar-refractivity contribution is 5.78. The molecular weight excluding hydrogens is 90.1 g/mol. The zero-order chi connectivity index (χ0) is 6.28. The van der Waals surface area contributed by atoms with Crippen LogP contribution in [0.4, 0.5) is 0 Å². The van der Waals surface area contributed by atoms with Crippen LogP contribution in [-0.2, 0) is 0 Å². The highest BCUT2D eigenvalue weighted by Crippen LogP contribution is 1.59. The number of nitrogens with two attached hydrogens (primary N) is 2. The van der Waals surface area contributed by atoms with Gasteiger partial charge in [-0.25, -0.2) is 0 Å². The van der Waals surface area contributed by atoms with Crippen LogP contribution in [0.2, 0.25) is 0 Å². The Morgan fingerprint density at radius 3 is 1.43 bits per heavy atom. The first kappa shape index (κ1) is 9.66. The molecular formula is C4H13N3. The summed E-state index contributed by atoms with van der Waals surface area (Å²) < 4.78 is 0. The second kappa shape index (κ2) is 9.06. The zero-order valence-electron chi connectivity index (χ0n) is 5.10. The second-order valence-corrected chi connectivity index (χ2v) is 1.08. The maximum Gasteiger partial charge on any atom is 0.0314 e. The fraction of sp³-hybridized carbons (Fsp3) is 0.750. The second-order valence-electron chi connectivity index (χ2n) is 1.08. The highest BCUT2D eigenvalue weighted by atomic mass is 15.1.